The van der Waals surface area contributed by atoms with E-state index in [1.54, 1.807) is 7.11 Å². The molecule has 4 nitrogen and oxygen atoms in total. The lowest BCUT2D eigenvalue weighted by Crippen LogP contribution is -2.38. The van der Waals surface area contributed by atoms with Gasteiger partial charge < -0.3 is 15.4 Å². The van der Waals surface area contributed by atoms with Gasteiger partial charge in [0.15, 0.2) is 5.96 Å². The highest BCUT2D eigenvalue weighted by Crippen LogP contribution is 2.18. The molecule has 0 amide bonds. The van der Waals surface area contributed by atoms with Crippen molar-refractivity contribution in [3.8, 4) is 0 Å². The van der Waals surface area contributed by atoms with Gasteiger partial charge in [-0.3, -0.25) is 0 Å². The van der Waals surface area contributed by atoms with E-state index in [9.17, 15) is 0 Å². The quantitative estimate of drug-likeness (QED) is 0.608. The van der Waals surface area contributed by atoms with Crippen molar-refractivity contribution in [2.75, 3.05) is 13.7 Å². The maximum atomic E-state index is 5.22. The molecular formula is C15H23N3O. The molecule has 19 heavy (non-hydrogen) atoms. The van der Waals surface area contributed by atoms with Crippen LogP contribution in [0.4, 0.5) is 0 Å². The predicted molar refractivity (Wildman–Crippen MR) is 78.1 cm³/mol. The van der Waals surface area contributed by atoms with E-state index in [0.717, 1.165) is 12.5 Å². The van der Waals surface area contributed by atoms with Gasteiger partial charge in [-0.25, -0.2) is 4.99 Å². The van der Waals surface area contributed by atoms with Gasteiger partial charge >= 0.3 is 0 Å². The zero-order valence-corrected chi connectivity index (χ0v) is 11.8. The minimum atomic E-state index is 0.618. The molecule has 1 aromatic carbocycles. The molecule has 1 saturated carbocycles. The van der Waals surface area contributed by atoms with Crippen LogP contribution in [0.1, 0.15) is 30.9 Å². The van der Waals surface area contributed by atoms with Gasteiger partial charge in [0.2, 0.25) is 0 Å². The third-order valence-corrected chi connectivity index (χ3v) is 3.09. The van der Waals surface area contributed by atoms with E-state index in [4.69, 9.17) is 4.74 Å². The first kappa shape index (κ1) is 13.9. The first-order chi connectivity index (χ1) is 9.33. The van der Waals surface area contributed by atoms with Crippen LogP contribution in [0.5, 0.6) is 0 Å². The molecule has 1 aromatic rings. The van der Waals surface area contributed by atoms with Crippen LogP contribution in [0.25, 0.3) is 0 Å². The molecule has 0 spiro atoms. The Morgan fingerprint density at radius 2 is 2.05 bits per heavy atom. The summed E-state index contributed by atoms with van der Waals surface area (Å²) in [5.41, 5.74) is 2.42. The zero-order valence-electron chi connectivity index (χ0n) is 11.8. The summed E-state index contributed by atoms with van der Waals surface area (Å²) in [6.07, 6.45) is 2.51. The number of hydrogen-bond donors (Lipinski definition) is 2. The number of benzene rings is 1. The Morgan fingerprint density at radius 3 is 2.68 bits per heavy atom. The second-order valence-corrected chi connectivity index (χ2v) is 4.82. The summed E-state index contributed by atoms with van der Waals surface area (Å²) in [4.78, 5) is 4.65. The summed E-state index contributed by atoms with van der Waals surface area (Å²) in [6, 6.07) is 8.90. The van der Waals surface area contributed by atoms with E-state index < -0.39 is 0 Å². The molecule has 0 heterocycles. The van der Waals surface area contributed by atoms with Crippen LogP contribution in [0.15, 0.2) is 29.3 Å². The van der Waals surface area contributed by atoms with E-state index in [-0.39, 0.29) is 0 Å². The van der Waals surface area contributed by atoms with Gasteiger partial charge in [-0.05, 0) is 30.9 Å². The van der Waals surface area contributed by atoms with Crippen molar-refractivity contribution < 1.29 is 4.74 Å². The molecule has 4 heteroatoms. The molecule has 1 aliphatic carbocycles. The Bertz CT molecular complexity index is 427. The zero-order chi connectivity index (χ0) is 13.5. The maximum Gasteiger partial charge on any atom is 0.191 e. The van der Waals surface area contributed by atoms with E-state index in [2.05, 4.69) is 34.7 Å². The molecule has 0 saturated heterocycles. The average Bonchev–Trinajstić information content (AvgIpc) is 3.22. The summed E-state index contributed by atoms with van der Waals surface area (Å²) in [6.45, 7) is 4.29. The molecule has 0 atom stereocenters. The molecule has 0 aromatic heterocycles. The fourth-order valence-electron chi connectivity index (χ4n) is 1.91. The third kappa shape index (κ3) is 4.56. The molecule has 0 aliphatic heterocycles. The van der Waals surface area contributed by atoms with Crippen LogP contribution in [0, 0.1) is 0 Å². The molecule has 2 rings (SSSR count). The van der Waals surface area contributed by atoms with Gasteiger partial charge in [0.25, 0.3) is 0 Å². The number of hydrogen-bond acceptors (Lipinski definition) is 2. The van der Waals surface area contributed by atoms with Crippen molar-refractivity contribution in [2.24, 2.45) is 4.99 Å². The second-order valence-electron chi connectivity index (χ2n) is 4.82. The minimum absolute atomic E-state index is 0.618. The number of guanidine groups is 1. The van der Waals surface area contributed by atoms with Crippen LogP contribution in [0.3, 0.4) is 0 Å². The Kier molecular flexibility index (Phi) is 5.21. The van der Waals surface area contributed by atoms with Crippen LogP contribution in [-0.2, 0) is 17.9 Å². The number of nitrogens with one attached hydrogen (secondary N) is 2. The van der Waals surface area contributed by atoms with Crippen molar-refractivity contribution in [1.29, 1.82) is 0 Å². The summed E-state index contributed by atoms with van der Waals surface area (Å²) >= 11 is 0. The van der Waals surface area contributed by atoms with Gasteiger partial charge in [-0.2, -0.15) is 0 Å². The fourth-order valence-corrected chi connectivity index (χ4v) is 1.91. The SMILES string of the molecule is CCNC(=NCc1ccccc1COC)NC1CC1. The predicted octanol–water partition coefficient (Wildman–Crippen LogP) is 2.05. The first-order valence-electron chi connectivity index (χ1n) is 6.94. The number of aliphatic imine (C=N–C) groups is 1. The van der Waals surface area contributed by atoms with E-state index in [0.29, 0.717) is 19.2 Å². The highest BCUT2D eigenvalue weighted by atomic mass is 16.5. The van der Waals surface area contributed by atoms with Crippen molar-refractivity contribution in [2.45, 2.75) is 39.0 Å². The number of nitrogens with zero attached hydrogens (tertiary/aromatic N) is 1. The Balaban J connectivity index is 2.01. The molecule has 2 N–H and O–H groups in total. The monoisotopic (exact) mass is 261 g/mol. The molecule has 0 radical (unpaired) electrons. The van der Waals surface area contributed by atoms with E-state index >= 15 is 0 Å². The number of ether oxygens (including phenoxy) is 1. The van der Waals surface area contributed by atoms with Gasteiger partial charge in [0, 0.05) is 19.7 Å². The molecule has 0 unspecified atom stereocenters. The topological polar surface area (TPSA) is 45.7 Å². The summed E-state index contributed by atoms with van der Waals surface area (Å²) in [5, 5.41) is 6.70. The normalized spacial score (nSPS) is 15.4. The van der Waals surface area contributed by atoms with Crippen molar-refractivity contribution in [3.05, 3.63) is 35.4 Å². The highest BCUT2D eigenvalue weighted by molar-refractivity contribution is 5.80. The lowest BCUT2D eigenvalue weighted by Gasteiger charge is -2.11. The summed E-state index contributed by atoms with van der Waals surface area (Å²) < 4.78 is 5.22. The van der Waals surface area contributed by atoms with Crippen LogP contribution in [-0.4, -0.2) is 25.7 Å². The molecule has 1 aliphatic rings. The van der Waals surface area contributed by atoms with Crippen molar-refractivity contribution >= 4 is 5.96 Å². The van der Waals surface area contributed by atoms with Crippen LogP contribution < -0.4 is 10.6 Å². The first-order valence-corrected chi connectivity index (χ1v) is 6.94. The van der Waals surface area contributed by atoms with Crippen molar-refractivity contribution in [3.63, 3.8) is 0 Å². The molecule has 0 bridgehead atoms. The lowest BCUT2D eigenvalue weighted by molar-refractivity contribution is 0.184. The Morgan fingerprint density at radius 1 is 1.32 bits per heavy atom. The molecule has 104 valence electrons. The largest absolute Gasteiger partial charge is 0.380 e. The van der Waals surface area contributed by atoms with Gasteiger partial charge in [-0.1, -0.05) is 24.3 Å². The van der Waals surface area contributed by atoms with Crippen LogP contribution in [0.2, 0.25) is 0 Å². The lowest BCUT2D eigenvalue weighted by atomic mass is 10.1. The number of methoxy groups -OCH3 is 1. The van der Waals surface area contributed by atoms with E-state index in [1.807, 2.05) is 12.1 Å². The molecule has 1 fully saturated rings. The fraction of sp³-hybridized carbons (Fsp3) is 0.533. The standard InChI is InChI=1S/C15H23N3O/c1-3-16-15(18-14-8-9-14)17-10-12-6-4-5-7-13(12)11-19-2/h4-7,14H,3,8-11H2,1-2H3,(H2,16,17,18). The van der Waals surface area contributed by atoms with Gasteiger partial charge in [-0.15, -0.1) is 0 Å². The van der Waals surface area contributed by atoms with Gasteiger partial charge in [0.1, 0.15) is 0 Å². The highest BCUT2D eigenvalue weighted by Gasteiger charge is 2.22. The summed E-state index contributed by atoms with van der Waals surface area (Å²) in [5.74, 6) is 0.914. The third-order valence-electron chi connectivity index (χ3n) is 3.09. The Hall–Kier alpha value is -1.55. The average molecular weight is 261 g/mol. The summed E-state index contributed by atoms with van der Waals surface area (Å²) in [7, 11) is 1.72. The van der Waals surface area contributed by atoms with Crippen molar-refractivity contribution in [1.82, 2.24) is 10.6 Å². The number of rotatable bonds is 6. The van der Waals surface area contributed by atoms with E-state index in [1.165, 1.54) is 24.0 Å². The molecular weight excluding hydrogens is 238 g/mol. The maximum absolute atomic E-state index is 5.22. The minimum Gasteiger partial charge on any atom is -0.380 e. The second kappa shape index (κ2) is 7.14. The van der Waals surface area contributed by atoms with Gasteiger partial charge in [0.05, 0.1) is 13.2 Å². The Labute approximate surface area is 115 Å². The smallest absolute Gasteiger partial charge is 0.191 e. The van der Waals surface area contributed by atoms with Crippen LogP contribution >= 0.6 is 0 Å².